The van der Waals surface area contributed by atoms with Gasteiger partial charge in [-0.3, -0.25) is 0 Å². The Morgan fingerprint density at radius 3 is 2.72 bits per heavy atom. The standard InChI is InChI=1S/C14H16ClN3/c1-10(11-5-3-6-12(15)9-11)18(2)14-13(16)7-4-8-17-14/h3-10H,16H2,1-2H3. The van der Waals surface area contributed by atoms with Crippen LogP contribution in [0.4, 0.5) is 11.5 Å². The second kappa shape index (κ2) is 5.27. The number of halogens is 1. The fourth-order valence-corrected chi connectivity index (χ4v) is 2.08. The van der Waals surface area contributed by atoms with Gasteiger partial charge in [0.05, 0.1) is 11.7 Å². The highest BCUT2D eigenvalue weighted by molar-refractivity contribution is 6.30. The second-order valence-electron chi connectivity index (χ2n) is 4.26. The molecular weight excluding hydrogens is 246 g/mol. The molecule has 18 heavy (non-hydrogen) atoms. The van der Waals surface area contributed by atoms with E-state index in [0.29, 0.717) is 5.69 Å². The smallest absolute Gasteiger partial charge is 0.151 e. The first kappa shape index (κ1) is 12.7. The SMILES string of the molecule is CC(c1cccc(Cl)c1)N(C)c1ncccc1N. The van der Waals surface area contributed by atoms with Crippen LogP contribution in [0.3, 0.4) is 0 Å². The highest BCUT2D eigenvalue weighted by Gasteiger charge is 2.15. The number of rotatable bonds is 3. The number of hydrogen-bond donors (Lipinski definition) is 1. The number of anilines is 2. The molecule has 0 amide bonds. The number of benzene rings is 1. The maximum atomic E-state index is 6.01. The lowest BCUT2D eigenvalue weighted by Crippen LogP contribution is -2.23. The number of pyridine rings is 1. The van der Waals surface area contributed by atoms with Crippen molar-refractivity contribution in [2.24, 2.45) is 0 Å². The third-order valence-electron chi connectivity index (χ3n) is 3.06. The zero-order valence-corrected chi connectivity index (χ0v) is 11.2. The molecule has 3 nitrogen and oxygen atoms in total. The number of nitrogens with zero attached hydrogens (tertiary/aromatic N) is 2. The molecule has 0 spiro atoms. The van der Waals surface area contributed by atoms with Gasteiger partial charge in [0.1, 0.15) is 0 Å². The fourth-order valence-electron chi connectivity index (χ4n) is 1.88. The highest BCUT2D eigenvalue weighted by Crippen LogP contribution is 2.28. The van der Waals surface area contributed by atoms with E-state index in [2.05, 4.69) is 11.9 Å². The number of nitrogen functional groups attached to an aromatic ring is 1. The molecule has 2 rings (SSSR count). The van der Waals surface area contributed by atoms with E-state index in [1.807, 2.05) is 48.3 Å². The van der Waals surface area contributed by atoms with Crippen molar-refractivity contribution in [1.29, 1.82) is 0 Å². The quantitative estimate of drug-likeness (QED) is 0.919. The first-order valence-corrected chi connectivity index (χ1v) is 6.16. The third kappa shape index (κ3) is 2.57. The van der Waals surface area contributed by atoms with Gasteiger partial charge < -0.3 is 10.6 Å². The van der Waals surface area contributed by atoms with Crippen molar-refractivity contribution in [2.45, 2.75) is 13.0 Å². The van der Waals surface area contributed by atoms with Crippen molar-refractivity contribution in [3.63, 3.8) is 0 Å². The van der Waals surface area contributed by atoms with Gasteiger partial charge >= 0.3 is 0 Å². The summed E-state index contributed by atoms with van der Waals surface area (Å²) in [7, 11) is 1.98. The van der Waals surface area contributed by atoms with Crippen LogP contribution < -0.4 is 10.6 Å². The Morgan fingerprint density at radius 2 is 2.06 bits per heavy atom. The second-order valence-corrected chi connectivity index (χ2v) is 4.69. The van der Waals surface area contributed by atoms with E-state index >= 15 is 0 Å². The van der Waals surface area contributed by atoms with E-state index < -0.39 is 0 Å². The summed E-state index contributed by atoms with van der Waals surface area (Å²) in [5, 5.41) is 0.738. The van der Waals surface area contributed by atoms with E-state index in [1.54, 1.807) is 6.20 Å². The van der Waals surface area contributed by atoms with Crippen LogP contribution in [0, 0.1) is 0 Å². The van der Waals surface area contributed by atoms with Gasteiger partial charge in [-0.25, -0.2) is 4.98 Å². The lowest BCUT2D eigenvalue weighted by molar-refractivity contribution is 0.730. The van der Waals surface area contributed by atoms with Gasteiger partial charge in [0.15, 0.2) is 5.82 Å². The van der Waals surface area contributed by atoms with Crippen LogP contribution >= 0.6 is 11.6 Å². The first-order valence-electron chi connectivity index (χ1n) is 5.78. The molecule has 0 radical (unpaired) electrons. The van der Waals surface area contributed by atoms with E-state index in [0.717, 1.165) is 16.4 Å². The third-order valence-corrected chi connectivity index (χ3v) is 3.30. The predicted molar refractivity (Wildman–Crippen MR) is 76.9 cm³/mol. The van der Waals surface area contributed by atoms with Crippen molar-refractivity contribution in [2.75, 3.05) is 17.7 Å². The molecule has 2 aromatic rings. The van der Waals surface area contributed by atoms with E-state index in [9.17, 15) is 0 Å². The average Bonchev–Trinajstić information content (AvgIpc) is 2.37. The Kier molecular flexibility index (Phi) is 3.72. The summed E-state index contributed by atoms with van der Waals surface area (Å²) >= 11 is 6.01. The van der Waals surface area contributed by atoms with Crippen LogP contribution in [0.5, 0.6) is 0 Å². The molecule has 0 saturated carbocycles. The Labute approximate surface area is 112 Å². The van der Waals surface area contributed by atoms with Gasteiger partial charge in [-0.1, -0.05) is 23.7 Å². The molecular formula is C14H16ClN3. The first-order chi connectivity index (χ1) is 8.59. The largest absolute Gasteiger partial charge is 0.396 e. The highest BCUT2D eigenvalue weighted by atomic mass is 35.5. The normalized spacial score (nSPS) is 12.2. The molecule has 4 heteroatoms. The van der Waals surface area contributed by atoms with Gasteiger partial charge in [-0.2, -0.15) is 0 Å². The van der Waals surface area contributed by atoms with Gasteiger partial charge in [-0.05, 0) is 36.8 Å². The molecule has 1 atom stereocenters. The predicted octanol–water partition coefficient (Wildman–Crippen LogP) is 3.51. The molecule has 0 fully saturated rings. The summed E-state index contributed by atoms with van der Waals surface area (Å²) in [6, 6.07) is 11.7. The average molecular weight is 262 g/mol. The minimum Gasteiger partial charge on any atom is -0.396 e. The minimum atomic E-state index is 0.154. The molecule has 1 heterocycles. The molecule has 1 aromatic carbocycles. The summed E-state index contributed by atoms with van der Waals surface area (Å²) in [6.07, 6.45) is 1.74. The van der Waals surface area contributed by atoms with Crippen LogP contribution in [-0.4, -0.2) is 12.0 Å². The lowest BCUT2D eigenvalue weighted by Gasteiger charge is -2.27. The fraction of sp³-hybridized carbons (Fsp3) is 0.214. The van der Waals surface area contributed by atoms with Gasteiger partial charge in [0.25, 0.3) is 0 Å². The van der Waals surface area contributed by atoms with Crippen molar-refractivity contribution >= 4 is 23.1 Å². The maximum Gasteiger partial charge on any atom is 0.151 e. The molecule has 94 valence electrons. The van der Waals surface area contributed by atoms with Crippen LogP contribution in [0.25, 0.3) is 0 Å². The number of aromatic nitrogens is 1. The summed E-state index contributed by atoms with van der Waals surface area (Å²) in [5.74, 6) is 0.782. The monoisotopic (exact) mass is 261 g/mol. The topological polar surface area (TPSA) is 42.2 Å². The zero-order valence-electron chi connectivity index (χ0n) is 10.5. The Bertz CT molecular complexity index is 542. The zero-order chi connectivity index (χ0) is 13.1. The molecule has 0 aliphatic carbocycles. The summed E-state index contributed by atoms with van der Waals surface area (Å²) in [4.78, 5) is 6.36. The van der Waals surface area contributed by atoms with Crippen molar-refractivity contribution in [3.8, 4) is 0 Å². The molecule has 2 N–H and O–H groups in total. The van der Waals surface area contributed by atoms with Crippen molar-refractivity contribution < 1.29 is 0 Å². The maximum absolute atomic E-state index is 6.01. The van der Waals surface area contributed by atoms with E-state index in [4.69, 9.17) is 17.3 Å². The molecule has 0 aliphatic rings. The van der Waals surface area contributed by atoms with Crippen LogP contribution in [0.1, 0.15) is 18.5 Å². The molecule has 1 unspecified atom stereocenters. The summed E-state index contributed by atoms with van der Waals surface area (Å²) < 4.78 is 0. The molecule has 0 saturated heterocycles. The minimum absolute atomic E-state index is 0.154. The van der Waals surface area contributed by atoms with Crippen LogP contribution in [-0.2, 0) is 0 Å². The number of nitrogens with two attached hydrogens (primary N) is 1. The summed E-state index contributed by atoms with van der Waals surface area (Å²) in [5.41, 5.74) is 7.75. The molecule has 1 aromatic heterocycles. The van der Waals surface area contributed by atoms with Gasteiger partial charge in [0.2, 0.25) is 0 Å². The van der Waals surface area contributed by atoms with Gasteiger partial charge in [-0.15, -0.1) is 0 Å². The van der Waals surface area contributed by atoms with E-state index in [1.165, 1.54) is 0 Å². The van der Waals surface area contributed by atoms with Crippen molar-refractivity contribution in [1.82, 2.24) is 4.98 Å². The molecule has 0 aliphatic heterocycles. The summed E-state index contributed by atoms with van der Waals surface area (Å²) in [6.45, 7) is 2.10. The lowest BCUT2D eigenvalue weighted by atomic mass is 10.1. The van der Waals surface area contributed by atoms with Crippen molar-refractivity contribution in [3.05, 3.63) is 53.2 Å². The Balaban J connectivity index is 2.29. The van der Waals surface area contributed by atoms with Gasteiger partial charge in [0, 0.05) is 18.3 Å². The van der Waals surface area contributed by atoms with Crippen LogP contribution in [0.15, 0.2) is 42.6 Å². The van der Waals surface area contributed by atoms with Crippen LogP contribution in [0.2, 0.25) is 5.02 Å². The Morgan fingerprint density at radius 1 is 1.28 bits per heavy atom. The Hall–Kier alpha value is -1.74. The molecule has 0 bridgehead atoms. The number of hydrogen-bond acceptors (Lipinski definition) is 3. The van der Waals surface area contributed by atoms with E-state index in [-0.39, 0.29) is 6.04 Å².